The van der Waals surface area contributed by atoms with Crippen molar-refractivity contribution in [2.75, 3.05) is 44.2 Å². The van der Waals surface area contributed by atoms with Crippen LogP contribution >= 0.6 is 0 Å². The lowest BCUT2D eigenvalue weighted by molar-refractivity contribution is -0.135. The molecule has 28 heavy (non-hydrogen) atoms. The molecule has 0 spiro atoms. The highest BCUT2D eigenvalue weighted by Gasteiger charge is 2.23. The molecule has 2 aliphatic rings. The molecular weight excluding hydrogens is 358 g/mol. The van der Waals surface area contributed by atoms with Crippen molar-refractivity contribution >= 4 is 17.5 Å². The maximum atomic E-state index is 12.4. The second-order valence-corrected chi connectivity index (χ2v) is 7.17. The lowest BCUT2D eigenvalue weighted by atomic mass is 10.2. The number of hydrogen-bond donors (Lipinski definition) is 0. The molecule has 2 aliphatic heterocycles. The van der Waals surface area contributed by atoms with Crippen LogP contribution in [0.2, 0.25) is 0 Å². The third-order valence-corrected chi connectivity index (χ3v) is 5.27. The van der Waals surface area contributed by atoms with Gasteiger partial charge in [0.15, 0.2) is 6.61 Å². The summed E-state index contributed by atoms with van der Waals surface area (Å²) >= 11 is 0. The molecule has 2 aromatic rings. The zero-order valence-corrected chi connectivity index (χ0v) is 15.9. The number of hydrogen-bond acceptors (Lipinski definition) is 5. The van der Waals surface area contributed by atoms with E-state index in [1.807, 2.05) is 41.3 Å². The van der Waals surface area contributed by atoms with Crippen molar-refractivity contribution in [1.82, 2.24) is 9.80 Å². The summed E-state index contributed by atoms with van der Waals surface area (Å²) in [6.45, 7) is 4.61. The molecule has 0 radical (unpaired) electrons. The minimum absolute atomic E-state index is 0.00329. The molecule has 148 valence electrons. The van der Waals surface area contributed by atoms with Gasteiger partial charge in [-0.25, -0.2) is 0 Å². The molecule has 0 saturated carbocycles. The van der Waals surface area contributed by atoms with E-state index in [-0.39, 0.29) is 18.4 Å². The van der Waals surface area contributed by atoms with Crippen LogP contribution in [0.25, 0.3) is 0 Å². The Morgan fingerprint density at radius 1 is 1.04 bits per heavy atom. The normalized spacial score (nSPS) is 17.9. The Balaban J connectivity index is 1.22. The van der Waals surface area contributed by atoms with E-state index in [4.69, 9.17) is 9.15 Å². The summed E-state index contributed by atoms with van der Waals surface area (Å²) < 4.78 is 11.0. The Morgan fingerprint density at radius 2 is 1.82 bits per heavy atom. The van der Waals surface area contributed by atoms with E-state index in [0.717, 1.165) is 44.0 Å². The predicted molar refractivity (Wildman–Crippen MR) is 104 cm³/mol. The van der Waals surface area contributed by atoms with E-state index in [9.17, 15) is 9.59 Å². The number of furan rings is 1. The molecule has 1 aromatic heterocycles. The number of rotatable bonds is 6. The molecule has 2 fully saturated rings. The Bertz CT molecular complexity index is 796. The predicted octanol–water partition coefficient (Wildman–Crippen LogP) is 2.13. The molecule has 2 saturated heterocycles. The van der Waals surface area contributed by atoms with Gasteiger partial charge < -0.3 is 19.0 Å². The third-order valence-electron chi connectivity index (χ3n) is 5.27. The van der Waals surface area contributed by atoms with Crippen LogP contribution in [0, 0.1) is 0 Å². The second-order valence-electron chi connectivity index (χ2n) is 7.17. The minimum Gasteiger partial charge on any atom is -0.484 e. The van der Waals surface area contributed by atoms with Crippen LogP contribution in [0.3, 0.4) is 0 Å². The molecule has 0 aliphatic carbocycles. The minimum atomic E-state index is -0.00329. The van der Waals surface area contributed by atoms with Crippen molar-refractivity contribution in [2.45, 2.75) is 19.4 Å². The van der Waals surface area contributed by atoms with E-state index in [1.54, 1.807) is 11.2 Å². The number of piperazine rings is 1. The summed E-state index contributed by atoms with van der Waals surface area (Å²) in [6.07, 6.45) is 3.20. The highest BCUT2D eigenvalue weighted by molar-refractivity contribution is 5.95. The fourth-order valence-corrected chi connectivity index (χ4v) is 3.66. The molecule has 3 heterocycles. The first-order chi connectivity index (χ1) is 13.7. The summed E-state index contributed by atoms with van der Waals surface area (Å²) in [5, 5.41) is 0. The van der Waals surface area contributed by atoms with E-state index < -0.39 is 0 Å². The Morgan fingerprint density at radius 3 is 2.46 bits per heavy atom. The summed E-state index contributed by atoms with van der Waals surface area (Å²) in [5.41, 5.74) is 0.883. The maximum absolute atomic E-state index is 12.4. The van der Waals surface area contributed by atoms with Crippen molar-refractivity contribution in [2.24, 2.45) is 0 Å². The zero-order chi connectivity index (χ0) is 19.3. The first kappa shape index (κ1) is 18.6. The van der Waals surface area contributed by atoms with Crippen molar-refractivity contribution in [3.63, 3.8) is 0 Å². The van der Waals surface area contributed by atoms with Gasteiger partial charge in [0.2, 0.25) is 5.91 Å². The highest BCUT2D eigenvalue weighted by atomic mass is 16.5. The van der Waals surface area contributed by atoms with Crippen LogP contribution in [0.1, 0.15) is 18.6 Å². The second kappa shape index (κ2) is 8.48. The van der Waals surface area contributed by atoms with Gasteiger partial charge in [-0.15, -0.1) is 0 Å². The molecule has 1 aromatic carbocycles. The average Bonchev–Trinajstić information content (AvgIpc) is 3.39. The van der Waals surface area contributed by atoms with Gasteiger partial charge in [-0.05, 0) is 42.8 Å². The Labute approximate surface area is 164 Å². The van der Waals surface area contributed by atoms with Crippen LogP contribution in [-0.4, -0.2) is 60.9 Å². The van der Waals surface area contributed by atoms with Crippen LogP contribution in [0.15, 0.2) is 47.1 Å². The molecule has 0 N–H and O–H groups in total. The van der Waals surface area contributed by atoms with Crippen molar-refractivity contribution in [1.29, 1.82) is 0 Å². The number of nitrogens with zero attached hydrogens (tertiary/aromatic N) is 3. The highest BCUT2D eigenvalue weighted by Crippen LogP contribution is 2.24. The number of anilines is 1. The molecule has 4 rings (SSSR count). The van der Waals surface area contributed by atoms with E-state index in [1.165, 1.54) is 0 Å². The number of ether oxygens (including phenoxy) is 1. The molecule has 0 bridgehead atoms. The largest absolute Gasteiger partial charge is 0.484 e. The van der Waals surface area contributed by atoms with Crippen LogP contribution < -0.4 is 9.64 Å². The summed E-state index contributed by atoms with van der Waals surface area (Å²) in [7, 11) is 0. The van der Waals surface area contributed by atoms with Gasteiger partial charge in [0.25, 0.3) is 5.91 Å². The van der Waals surface area contributed by atoms with Gasteiger partial charge in [0.05, 0.1) is 12.8 Å². The molecule has 7 nitrogen and oxygen atoms in total. The van der Waals surface area contributed by atoms with Gasteiger partial charge >= 0.3 is 0 Å². The fourth-order valence-electron chi connectivity index (χ4n) is 3.66. The lowest BCUT2D eigenvalue weighted by Gasteiger charge is -2.34. The Hall–Kier alpha value is -2.80. The Kier molecular flexibility index (Phi) is 5.62. The number of benzene rings is 1. The molecule has 2 amide bonds. The SMILES string of the molecule is O=C(COc1ccc(N2CCCC2=O)cc1)N1CCN(Cc2ccco2)CC1. The van der Waals surface area contributed by atoms with Crippen LogP contribution in [0.5, 0.6) is 5.75 Å². The maximum Gasteiger partial charge on any atom is 0.260 e. The van der Waals surface area contributed by atoms with E-state index >= 15 is 0 Å². The van der Waals surface area contributed by atoms with Gasteiger partial charge in [0.1, 0.15) is 11.5 Å². The topological polar surface area (TPSA) is 66.2 Å². The molecule has 0 unspecified atom stereocenters. The van der Waals surface area contributed by atoms with Crippen molar-refractivity contribution in [3.05, 3.63) is 48.4 Å². The van der Waals surface area contributed by atoms with Crippen LogP contribution in [-0.2, 0) is 16.1 Å². The average molecular weight is 383 g/mol. The third kappa shape index (κ3) is 4.36. The monoisotopic (exact) mass is 383 g/mol. The van der Waals surface area contributed by atoms with Gasteiger partial charge in [-0.1, -0.05) is 0 Å². The number of amides is 2. The molecular formula is C21H25N3O4. The van der Waals surface area contributed by atoms with E-state index in [2.05, 4.69) is 4.90 Å². The van der Waals surface area contributed by atoms with Gasteiger partial charge in [0, 0.05) is 44.8 Å². The zero-order valence-electron chi connectivity index (χ0n) is 15.9. The molecule has 0 atom stereocenters. The van der Waals surface area contributed by atoms with Crippen molar-refractivity contribution in [3.8, 4) is 5.75 Å². The first-order valence-electron chi connectivity index (χ1n) is 9.75. The smallest absolute Gasteiger partial charge is 0.260 e. The first-order valence-corrected chi connectivity index (χ1v) is 9.75. The van der Waals surface area contributed by atoms with Gasteiger partial charge in [-0.3, -0.25) is 14.5 Å². The summed E-state index contributed by atoms with van der Waals surface area (Å²) in [4.78, 5) is 30.1. The number of carbonyl (C=O) groups excluding carboxylic acids is 2. The van der Waals surface area contributed by atoms with Crippen molar-refractivity contribution < 1.29 is 18.7 Å². The quantitative estimate of drug-likeness (QED) is 0.765. The summed E-state index contributed by atoms with van der Waals surface area (Å²) in [6, 6.07) is 11.2. The summed E-state index contributed by atoms with van der Waals surface area (Å²) in [5.74, 6) is 1.74. The van der Waals surface area contributed by atoms with Gasteiger partial charge in [-0.2, -0.15) is 0 Å². The number of carbonyl (C=O) groups is 2. The lowest BCUT2D eigenvalue weighted by Crippen LogP contribution is -2.49. The van der Waals surface area contributed by atoms with Crippen LogP contribution in [0.4, 0.5) is 5.69 Å². The van der Waals surface area contributed by atoms with E-state index in [0.29, 0.717) is 25.3 Å². The fraction of sp³-hybridized carbons (Fsp3) is 0.429. The standard InChI is InChI=1S/C21H25N3O4/c25-20-4-1-9-24(20)17-5-7-18(8-6-17)28-16-21(26)23-12-10-22(11-13-23)15-19-3-2-14-27-19/h2-3,5-8,14H,1,4,9-13,15-16H2. The molecule has 7 heteroatoms.